The van der Waals surface area contributed by atoms with Crippen LogP contribution >= 0.6 is 0 Å². The minimum absolute atomic E-state index is 0.0330. The lowest BCUT2D eigenvalue weighted by Crippen LogP contribution is -2.17. The average Bonchev–Trinajstić information content (AvgIpc) is 2.60. The van der Waals surface area contributed by atoms with Crippen LogP contribution in [0.15, 0.2) is 80.8 Å². The van der Waals surface area contributed by atoms with E-state index >= 15 is 0 Å². The van der Waals surface area contributed by atoms with Crippen LogP contribution in [0.3, 0.4) is 0 Å². The van der Waals surface area contributed by atoms with Crippen LogP contribution in [0.5, 0.6) is 0 Å². The molecule has 0 amide bonds. The number of benzene rings is 2. The molecular weight excluding hydrogens is 328 g/mol. The molecule has 0 heterocycles. The average molecular weight is 338 g/mol. The lowest BCUT2D eigenvalue weighted by Gasteiger charge is -2.14. The number of nitrogens with zero attached hydrogens (tertiary/aromatic N) is 4. The fourth-order valence-electron chi connectivity index (χ4n) is 2.29. The maximum absolute atomic E-state index is 12.5. The van der Waals surface area contributed by atoms with Crippen molar-refractivity contribution in [1.29, 1.82) is 0 Å². The quantitative estimate of drug-likeness (QED) is 0.486. The molecule has 2 aromatic rings. The zero-order chi connectivity index (χ0) is 17.2. The fourth-order valence-corrected chi connectivity index (χ4v) is 3.30. The Morgan fingerprint density at radius 3 is 2.21 bits per heavy atom. The van der Waals surface area contributed by atoms with Crippen molar-refractivity contribution in [3.8, 4) is 0 Å². The number of sulfonamides is 1. The minimum Gasteiger partial charge on any atom is -0.289 e. The van der Waals surface area contributed by atoms with Gasteiger partial charge in [-0.25, -0.2) is 0 Å². The minimum atomic E-state index is -3.96. The topological polar surface area (TPSA) is 112 Å². The van der Waals surface area contributed by atoms with Gasteiger partial charge in [0, 0.05) is 16.0 Å². The normalized spacial score (nSPS) is 15.4. The van der Waals surface area contributed by atoms with E-state index in [4.69, 9.17) is 5.53 Å². The summed E-state index contributed by atoms with van der Waals surface area (Å²) in [6, 6.07) is 14.2. The van der Waals surface area contributed by atoms with Crippen molar-refractivity contribution in [1.82, 2.24) is 0 Å². The molecular formula is C16H10N4O3S. The van der Waals surface area contributed by atoms with Crippen molar-refractivity contribution < 1.29 is 13.2 Å². The highest BCUT2D eigenvalue weighted by Crippen LogP contribution is 2.24. The molecule has 7 nitrogen and oxygen atoms in total. The van der Waals surface area contributed by atoms with Gasteiger partial charge in [0.05, 0.1) is 16.3 Å². The van der Waals surface area contributed by atoms with Gasteiger partial charge in [-0.2, -0.15) is 12.8 Å². The van der Waals surface area contributed by atoms with Gasteiger partial charge in [-0.1, -0.05) is 47.6 Å². The molecule has 0 saturated carbocycles. The zero-order valence-corrected chi connectivity index (χ0v) is 13.0. The maximum atomic E-state index is 12.5. The Bertz CT molecular complexity index is 1030. The molecule has 3 rings (SSSR count). The summed E-state index contributed by atoms with van der Waals surface area (Å²) < 4.78 is 28.7. The molecule has 0 radical (unpaired) electrons. The summed E-state index contributed by atoms with van der Waals surface area (Å²) in [4.78, 5) is 14.9. The second-order valence-electron chi connectivity index (χ2n) is 4.86. The lowest BCUT2D eigenvalue weighted by atomic mass is 9.92. The highest BCUT2D eigenvalue weighted by Gasteiger charge is 2.25. The van der Waals surface area contributed by atoms with Crippen LogP contribution in [-0.4, -0.2) is 19.9 Å². The standard InChI is InChI=1S/C16H10N4O3S/c17-20-18-15-10-14(12-8-4-5-9-13(12)16(15)21)19-24(22,23)11-6-2-1-3-7-11/h1-10H. The van der Waals surface area contributed by atoms with Crippen LogP contribution in [-0.2, 0) is 10.0 Å². The van der Waals surface area contributed by atoms with E-state index in [0.29, 0.717) is 5.56 Å². The Labute approximate surface area is 137 Å². The number of carbonyl (C=O) groups excluding carboxylic acids is 1. The van der Waals surface area contributed by atoms with E-state index in [1.54, 1.807) is 36.4 Å². The Hall–Kier alpha value is -3.22. The molecule has 0 atom stereocenters. The number of allylic oxidation sites excluding steroid dienone is 2. The molecule has 118 valence electrons. The first kappa shape index (κ1) is 15.7. The van der Waals surface area contributed by atoms with Crippen LogP contribution in [0.25, 0.3) is 10.4 Å². The third-order valence-electron chi connectivity index (χ3n) is 3.37. The highest BCUT2D eigenvalue weighted by molar-refractivity contribution is 7.90. The van der Waals surface area contributed by atoms with Crippen LogP contribution in [0.4, 0.5) is 0 Å². The SMILES string of the molecule is [N-]=[N+]=NC1=CC(=NS(=O)(=O)c2ccccc2)c2ccccc2C1=O. The number of hydrogen-bond donors (Lipinski definition) is 0. The van der Waals surface area contributed by atoms with Gasteiger partial charge in [0.15, 0.2) is 5.78 Å². The third kappa shape index (κ3) is 2.83. The lowest BCUT2D eigenvalue weighted by molar-refractivity contribution is 0.103. The van der Waals surface area contributed by atoms with Crippen LogP contribution in [0, 0.1) is 0 Å². The van der Waals surface area contributed by atoms with Crippen molar-refractivity contribution in [3.05, 3.63) is 87.9 Å². The van der Waals surface area contributed by atoms with E-state index in [-0.39, 0.29) is 21.9 Å². The molecule has 8 heteroatoms. The predicted molar refractivity (Wildman–Crippen MR) is 88.2 cm³/mol. The second kappa shape index (κ2) is 6.11. The number of ketones is 1. The van der Waals surface area contributed by atoms with Gasteiger partial charge >= 0.3 is 0 Å². The number of Topliss-reactive ketones (excluding diaryl/α,β-unsaturated/α-hetero) is 1. The number of carbonyl (C=O) groups is 1. The van der Waals surface area contributed by atoms with Gasteiger partial charge < -0.3 is 0 Å². The number of azide groups is 1. The van der Waals surface area contributed by atoms with Crippen molar-refractivity contribution in [2.45, 2.75) is 4.90 Å². The van der Waals surface area contributed by atoms with Gasteiger partial charge in [0.25, 0.3) is 10.0 Å². The molecule has 0 fully saturated rings. The first-order chi connectivity index (χ1) is 11.5. The number of hydrogen-bond acceptors (Lipinski definition) is 4. The largest absolute Gasteiger partial charge is 0.289 e. The Morgan fingerprint density at radius 1 is 0.917 bits per heavy atom. The fraction of sp³-hybridized carbons (Fsp3) is 0. The summed E-state index contributed by atoms with van der Waals surface area (Å²) in [7, 11) is -3.96. The third-order valence-corrected chi connectivity index (χ3v) is 4.67. The first-order valence-corrected chi connectivity index (χ1v) is 8.28. The number of rotatable bonds is 3. The predicted octanol–water partition coefficient (Wildman–Crippen LogP) is 3.26. The molecule has 0 N–H and O–H groups in total. The van der Waals surface area contributed by atoms with Crippen molar-refractivity contribution in [2.75, 3.05) is 0 Å². The molecule has 0 spiro atoms. The molecule has 0 unspecified atom stereocenters. The van der Waals surface area contributed by atoms with E-state index < -0.39 is 15.8 Å². The zero-order valence-electron chi connectivity index (χ0n) is 12.2. The Balaban J connectivity index is 2.22. The van der Waals surface area contributed by atoms with Crippen molar-refractivity contribution in [2.24, 2.45) is 9.51 Å². The molecule has 1 aliphatic carbocycles. The second-order valence-corrected chi connectivity index (χ2v) is 6.46. The van der Waals surface area contributed by atoms with Crippen molar-refractivity contribution in [3.63, 3.8) is 0 Å². The van der Waals surface area contributed by atoms with E-state index in [0.717, 1.165) is 0 Å². The molecule has 1 aliphatic rings. The molecule has 0 aromatic heterocycles. The summed E-state index contributed by atoms with van der Waals surface area (Å²) in [5.74, 6) is -0.473. The maximum Gasteiger partial charge on any atom is 0.282 e. The molecule has 0 saturated heterocycles. The molecule has 0 aliphatic heterocycles. The van der Waals surface area contributed by atoms with Gasteiger partial charge in [0.1, 0.15) is 0 Å². The van der Waals surface area contributed by atoms with Gasteiger partial charge in [0.2, 0.25) is 0 Å². The van der Waals surface area contributed by atoms with Gasteiger partial charge in [-0.15, -0.1) is 0 Å². The molecule has 2 aromatic carbocycles. The van der Waals surface area contributed by atoms with Crippen LogP contribution in [0.2, 0.25) is 0 Å². The summed E-state index contributed by atoms with van der Waals surface area (Å²) in [5, 5.41) is 3.33. The van der Waals surface area contributed by atoms with Crippen LogP contribution < -0.4 is 0 Å². The Morgan fingerprint density at radius 2 is 1.54 bits per heavy atom. The summed E-state index contributed by atoms with van der Waals surface area (Å²) >= 11 is 0. The summed E-state index contributed by atoms with van der Waals surface area (Å²) in [6.07, 6.45) is 1.19. The number of fused-ring (bicyclic) bond motifs is 1. The van der Waals surface area contributed by atoms with Crippen LogP contribution in [0.1, 0.15) is 15.9 Å². The summed E-state index contributed by atoms with van der Waals surface area (Å²) in [5.41, 5.74) is 9.06. The molecule has 0 bridgehead atoms. The van der Waals surface area contributed by atoms with Gasteiger partial charge in [-0.05, 0) is 23.7 Å². The smallest absolute Gasteiger partial charge is 0.282 e. The van der Waals surface area contributed by atoms with Crippen molar-refractivity contribution >= 4 is 21.5 Å². The van der Waals surface area contributed by atoms with E-state index in [2.05, 4.69) is 14.4 Å². The van der Waals surface area contributed by atoms with Gasteiger partial charge in [-0.3, -0.25) is 4.79 Å². The van der Waals surface area contributed by atoms with E-state index in [1.165, 1.54) is 24.3 Å². The highest BCUT2D eigenvalue weighted by atomic mass is 32.2. The Kier molecular flexibility index (Phi) is 3.99. The first-order valence-electron chi connectivity index (χ1n) is 6.84. The van der Waals surface area contributed by atoms with E-state index in [9.17, 15) is 13.2 Å². The van der Waals surface area contributed by atoms with E-state index in [1.807, 2.05) is 0 Å². The monoisotopic (exact) mass is 338 g/mol. The molecule has 24 heavy (non-hydrogen) atoms. The summed E-state index contributed by atoms with van der Waals surface area (Å²) in [6.45, 7) is 0.